The molecule has 2 unspecified atom stereocenters. The van der Waals surface area contributed by atoms with Crippen LogP contribution in [-0.4, -0.2) is 58.0 Å². The van der Waals surface area contributed by atoms with Crippen LogP contribution in [0.2, 0.25) is 0 Å². The molecule has 6 rings (SSSR count). The van der Waals surface area contributed by atoms with Gasteiger partial charge in [-0.15, -0.1) is 0 Å². The summed E-state index contributed by atoms with van der Waals surface area (Å²) in [5.41, 5.74) is 5.97. The first-order valence-electron chi connectivity index (χ1n) is 11.7. The molecule has 3 aromatic heterocycles. The molecule has 1 amide bonds. The van der Waals surface area contributed by atoms with Gasteiger partial charge in [0.1, 0.15) is 5.69 Å². The van der Waals surface area contributed by atoms with Gasteiger partial charge in [-0.1, -0.05) is 6.92 Å². The second-order valence-corrected chi connectivity index (χ2v) is 9.10. The van der Waals surface area contributed by atoms with Gasteiger partial charge in [0.15, 0.2) is 0 Å². The Kier molecular flexibility index (Phi) is 5.62. The lowest BCUT2D eigenvalue weighted by Gasteiger charge is -2.52. The van der Waals surface area contributed by atoms with Crippen LogP contribution in [0.3, 0.4) is 0 Å². The summed E-state index contributed by atoms with van der Waals surface area (Å²) in [6.45, 7) is 6.71. The van der Waals surface area contributed by atoms with Crippen molar-refractivity contribution in [1.82, 2.24) is 25.2 Å². The number of carbonyl (C=O) groups is 1. The molecular formula is C25H30N6O2. The third-order valence-corrected chi connectivity index (χ3v) is 7.06. The quantitative estimate of drug-likeness (QED) is 0.625. The van der Waals surface area contributed by atoms with Gasteiger partial charge in [-0.25, -0.2) is 4.98 Å². The van der Waals surface area contributed by atoms with E-state index in [1.807, 2.05) is 38.2 Å². The normalized spacial score (nSPS) is 20.4. The van der Waals surface area contributed by atoms with Gasteiger partial charge in [-0.05, 0) is 56.0 Å². The molecule has 8 nitrogen and oxygen atoms in total. The van der Waals surface area contributed by atoms with E-state index in [1.54, 1.807) is 7.05 Å². The molecule has 2 bridgehead atoms. The highest BCUT2D eigenvalue weighted by Gasteiger charge is 2.39. The van der Waals surface area contributed by atoms with E-state index in [9.17, 15) is 9.59 Å². The lowest BCUT2D eigenvalue weighted by molar-refractivity contribution is 0.0888. The number of hydrogen-bond acceptors (Lipinski definition) is 6. The largest absolute Gasteiger partial charge is 0.364 e. The average Bonchev–Trinajstić information content (AvgIpc) is 2.83. The summed E-state index contributed by atoms with van der Waals surface area (Å²) in [6, 6.07) is 8.67. The van der Waals surface area contributed by atoms with Crippen LogP contribution < -0.4 is 15.8 Å². The van der Waals surface area contributed by atoms with Crippen LogP contribution in [0.15, 0.2) is 35.3 Å². The number of H-pyrrole nitrogens is 1. The van der Waals surface area contributed by atoms with Crippen molar-refractivity contribution >= 4 is 22.6 Å². The molecule has 3 saturated heterocycles. The fraction of sp³-hybridized carbons (Fsp3) is 0.440. The second-order valence-electron chi connectivity index (χ2n) is 9.10. The van der Waals surface area contributed by atoms with Crippen LogP contribution in [0.25, 0.3) is 11.0 Å². The summed E-state index contributed by atoms with van der Waals surface area (Å²) in [7, 11) is 1.62. The zero-order chi connectivity index (χ0) is 23.1. The Morgan fingerprint density at radius 3 is 2.73 bits per heavy atom. The fourth-order valence-electron chi connectivity index (χ4n) is 5.27. The van der Waals surface area contributed by atoms with E-state index >= 15 is 0 Å². The van der Waals surface area contributed by atoms with E-state index < -0.39 is 0 Å². The second kappa shape index (κ2) is 8.59. The topological polar surface area (TPSA) is 94.2 Å². The van der Waals surface area contributed by atoms with E-state index in [2.05, 4.69) is 36.1 Å². The smallest absolute Gasteiger partial charge is 0.269 e. The number of nitrogens with one attached hydrogen (secondary N) is 2. The first kappa shape index (κ1) is 21.6. The summed E-state index contributed by atoms with van der Waals surface area (Å²) < 4.78 is 0. The minimum Gasteiger partial charge on any atom is -0.364 e. The highest BCUT2D eigenvalue weighted by atomic mass is 16.1. The number of carbonyl (C=O) groups excluding carboxylic acids is 1. The molecule has 0 saturated carbocycles. The van der Waals surface area contributed by atoms with Crippen LogP contribution in [0.5, 0.6) is 0 Å². The summed E-state index contributed by atoms with van der Waals surface area (Å²) in [4.78, 5) is 41.3. The summed E-state index contributed by atoms with van der Waals surface area (Å²) in [5, 5.41) is 2.64. The van der Waals surface area contributed by atoms with Crippen molar-refractivity contribution in [2.45, 2.75) is 51.7 Å². The van der Waals surface area contributed by atoms with Crippen molar-refractivity contribution in [2.75, 3.05) is 25.0 Å². The number of anilines is 1. The molecule has 3 aromatic rings. The maximum atomic E-state index is 12.2. The van der Waals surface area contributed by atoms with Gasteiger partial charge in [-0.3, -0.25) is 19.5 Å². The molecule has 3 aliphatic rings. The molecule has 33 heavy (non-hydrogen) atoms. The zero-order valence-electron chi connectivity index (χ0n) is 19.4. The van der Waals surface area contributed by atoms with Gasteiger partial charge in [0.2, 0.25) is 0 Å². The predicted octanol–water partition coefficient (Wildman–Crippen LogP) is 2.40. The van der Waals surface area contributed by atoms with E-state index in [-0.39, 0.29) is 11.5 Å². The standard InChI is InChI=1S/C25H30N6O2/c1-4-17-10-21-22(29-24(17)32)9-16(11-27-21)12-30-13-19-6-5-18(30)14-31(19)23-8-7-20(25(33)26-3)28-15(23)2/h7-11,18-19H,4-6,12-14H2,1-3H3,(H,26,33)(H,29,32). The number of aromatic amines is 1. The Hall–Kier alpha value is -3.26. The number of nitrogens with zero attached hydrogens (tertiary/aromatic N) is 4. The molecule has 0 aliphatic carbocycles. The third-order valence-electron chi connectivity index (χ3n) is 7.06. The number of aryl methyl sites for hydroxylation is 2. The molecule has 172 valence electrons. The van der Waals surface area contributed by atoms with Crippen molar-refractivity contribution in [3.63, 3.8) is 0 Å². The van der Waals surface area contributed by atoms with Gasteiger partial charge < -0.3 is 15.2 Å². The molecule has 3 fully saturated rings. The minimum absolute atomic E-state index is 0.0250. The van der Waals surface area contributed by atoms with Crippen molar-refractivity contribution in [1.29, 1.82) is 0 Å². The monoisotopic (exact) mass is 446 g/mol. The van der Waals surface area contributed by atoms with Gasteiger partial charge in [-0.2, -0.15) is 0 Å². The first-order valence-corrected chi connectivity index (χ1v) is 11.7. The number of piperidine rings is 2. The molecule has 2 atom stereocenters. The number of fused-ring (bicyclic) bond motifs is 4. The van der Waals surface area contributed by atoms with Crippen LogP contribution in [0, 0.1) is 6.92 Å². The fourth-order valence-corrected chi connectivity index (χ4v) is 5.27. The van der Waals surface area contributed by atoms with Gasteiger partial charge in [0.25, 0.3) is 11.5 Å². The van der Waals surface area contributed by atoms with Crippen LogP contribution in [0.4, 0.5) is 5.69 Å². The predicted molar refractivity (Wildman–Crippen MR) is 129 cm³/mol. The number of aromatic nitrogens is 3. The number of rotatable bonds is 5. The maximum absolute atomic E-state index is 12.2. The number of pyridine rings is 3. The Morgan fingerprint density at radius 2 is 2.03 bits per heavy atom. The number of piperazine rings is 1. The molecular weight excluding hydrogens is 416 g/mol. The summed E-state index contributed by atoms with van der Waals surface area (Å²) in [5.74, 6) is -0.160. The molecule has 6 heterocycles. The van der Waals surface area contributed by atoms with Gasteiger partial charge in [0.05, 0.1) is 22.4 Å². The highest BCUT2D eigenvalue weighted by Crippen LogP contribution is 2.34. The molecule has 3 aliphatic heterocycles. The van der Waals surface area contributed by atoms with Crippen molar-refractivity contribution < 1.29 is 4.79 Å². The van der Waals surface area contributed by atoms with Crippen LogP contribution >= 0.6 is 0 Å². The molecule has 2 N–H and O–H groups in total. The molecule has 8 heteroatoms. The van der Waals surface area contributed by atoms with Gasteiger partial charge >= 0.3 is 0 Å². The van der Waals surface area contributed by atoms with Crippen molar-refractivity contribution in [2.24, 2.45) is 0 Å². The Labute approximate surface area is 193 Å². The van der Waals surface area contributed by atoms with Gasteiger partial charge in [0, 0.05) is 50.5 Å². The SMILES string of the molecule is CCc1cc2ncc(CN3CC4CCC3CN4c3ccc(C(=O)NC)nc3C)cc2[nH]c1=O. The van der Waals surface area contributed by atoms with Crippen molar-refractivity contribution in [3.05, 3.63) is 63.3 Å². The maximum Gasteiger partial charge on any atom is 0.269 e. The van der Waals surface area contributed by atoms with E-state index in [0.717, 1.165) is 59.6 Å². The lowest BCUT2D eigenvalue weighted by atomic mass is 9.89. The highest BCUT2D eigenvalue weighted by molar-refractivity contribution is 5.92. The average molecular weight is 447 g/mol. The Bertz CT molecular complexity index is 1270. The third kappa shape index (κ3) is 3.99. The summed E-state index contributed by atoms with van der Waals surface area (Å²) >= 11 is 0. The molecule has 0 spiro atoms. The van der Waals surface area contributed by atoms with E-state index in [1.165, 1.54) is 6.42 Å². The lowest BCUT2D eigenvalue weighted by Crippen LogP contribution is -2.62. The Morgan fingerprint density at radius 1 is 1.21 bits per heavy atom. The van der Waals surface area contributed by atoms with E-state index in [4.69, 9.17) is 0 Å². The molecule has 0 radical (unpaired) electrons. The van der Waals surface area contributed by atoms with Crippen LogP contribution in [0.1, 0.15) is 47.1 Å². The van der Waals surface area contributed by atoms with E-state index in [0.29, 0.717) is 24.2 Å². The number of hydrogen-bond donors (Lipinski definition) is 2. The zero-order valence-corrected chi connectivity index (χ0v) is 19.4. The first-order chi connectivity index (χ1) is 16.0. The minimum atomic E-state index is -0.160. The number of amides is 1. The molecule has 0 aromatic carbocycles. The van der Waals surface area contributed by atoms with Crippen molar-refractivity contribution in [3.8, 4) is 0 Å². The summed E-state index contributed by atoms with van der Waals surface area (Å²) in [6.07, 6.45) is 4.96. The Balaban J connectivity index is 1.33. The van der Waals surface area contributed by atoms with Crippen LogP contribution in [-0.2, 0) is 13.0 Å².